The summed E-state index contributed by atoms with van der Waals surface area (Å²) >= 11 is 0. The summed E-state index contributed by atoms with van der Waals surface area (Å²) in [6.45, 7) is 11.4. The van der Waals surface area contributed by atoms with Gasteiger partial charge in [0.2, 0.25) is 0 Å². The quantitative estimate of drug-likeness (QED) is 0.134. The molecule has 0 N–H and O–H groups in total. The molecule has 0 aromatic heterocycles. The molecule has 0 amide bonds. The normalized spacial score (nSPS) is 22.7. The van der Waals surface area contributed by atoms with Crippen LogP contribution in [0.1, 0.15) is 44.0 Å². The lowest BCUT2D eigenvalue weighted by molar-refractivity contribution is -0.141. The molecule has 1 heterocycles. The van der Waals surface area contributed by atoms with Crippen LogP contribution in [0.15, 0.2) is 97.1 Å². The van der Waals surface area contributed by atoms with Gasteiger partial charge in [0.1, 0.15) is 24.6 Å². The zero-order valence-corrected chi connectivity index (χ0v) is 26.7. The van der Waals surface area contributed by atoms with Gasteiger partial charge in [0.25, 0.3) is 0 Å². The number of para-hydroxylation sites is 1. The van der Waals surface area contributed by atoms with Crippen molar-refractivity contribution in [2.24, 2.45) is 11.8 Å². The zero-order valence-electron chi connectivity index (χ0n) is 25.7. The van der Waals surface area contributed by atoms with Crippen LogP contribution in [-0.4, -0.2) is 45.2 Å². The molecular formula is C36H42O6Si. The summed E-state index contributed by atoms with van der Waals surface area (Å²) in [6, 6.07) is 27.2. The van der Waals surface area contributed by atoms with E-state index in [9.17, 15) is 9.59 Å². The molecule has 6 nitrogen and oxygen atoms in total. The third-order valence-corrected chi connectivity index (χ3v) is 13.5. The lowest BCUT2D eigenvalue weighted by atomic mass is 9.91. The summed E-state index contributed by atoms with van der Waals surface area (Å²) in [7, 11) is -2.13. The molecule has 0 unspecified atom stereocenters. The Balaban J connectivity index is 1.33. The lowest BCUT2D eigenvalue weighted by Crippen LogP contribution is -2.45. The van der Waals surface area contributed by atoms with E-state index in [0.29, 0.717) is 25.0 Å². The summed E-state index contributed by atoms with van der Waals surface area (Å²) < 4.78 is 24.6. The fraction of sp³-hybridized carbons (Fsp3) is 0.389. The van der Waals surface area contributed by atoms with E-state index in [1.54, 1.807) is 12.1 Å². The molecule has 7 heteroatoms. The molecule has 5 rings (SSSR count). The number of carbonyl (C=O) groups is 2. The molecule has 43 heavy (non-hydrogen) atoms. The molecule has 3 aromatic rings. The van der Waals surface area contributed by atoms with Gasteiger partial charge in [-0.1, -0.05) is 93.6 Å². The molecule has 3 aromatic carbocycles. The molecular weight excluding hydrogens is 556 g/mol. The Kier molecular flexibility index (Phi) is 9.23. The molecule has 1 saturated heterocycles. The van der Waals surface area contributed by atoms with Gasteiger partial charge in [0.15, 0.2) is 8.32 Å². The zero-order chi connectivity index (χ0) is 30.6. The first-order valence-electron chi connectivity index (χ1n) is 15.1. The van der Waals surface area contributed by atoms with Crippen LogP contribution in [0.25, 0.3) is 11.1 Å². The van der Waals surface area contributed by atoms with Crippen molar-refractivity contribution in [1.82, 2.24) is 0 Å². The highest BCUT2D eigenvalue weighted by Gasteiger charge is 2.51. The minimum atomic E-state index is -2.13. The third kappa shape index (κ3) is 7.46. The Morgan fingerprint density at radius 3 is 2.23 bits per heavy atom. The van der Waals surface area contributed by atoms with Crippen molar-refractivity contribution in [3.8, 4) is 16.9 Å². The summed E-state index contributed by atoms with van der Waals surface area (Å²) in [6.07, 6.45) is 3.91. The van der Waals surface area contributed by atoms with Crippen LogP contribution < -0.4 is 4.74 Å². The van der Waals surface area contributed by atoms with Gasteiger partial charge in [0, 0.05) is 18.3 Å². The maximum atomic E-state index is 13.3. The maximum Gasteiger partial charge on any atom is 0.338 e. The van der Waals surface area contributed by atoms with Crippen LogP contribution in [0, 0.1) is 11.8 Å². The van der Waals surface area contributed by atoms with E-state index in [1.165, 1.54) is 0 Å². The average molecular weight is 599 g/mol. The van der Waals surface area contributed by atoms with Gasteiger partial charge < -0.3 is 18.6 Å². The van der Waals surface area contributed by atoms with Crippen LogP contribution >= 0.6 is 0 Å². The Morgan fingerprint density at radius 2 is 1.58 bits per heavy atom. The number of fused-ring (bicyclic) bond motifs is 1. The predicted octanol–water partition coefficient (Wildman–Crippen LogP) is 7.86. The summed E-state index contributed by atoms with van der Waals surface area (Å²) in [5.74, 6) is -0.0238. The molecule has 226 valence electrons. The summed E-state index contributed by atoms with van der Waals surface area (Å²) in [5, 5.41) is 0.0180. The highest BCUT2D eigenvalue weighted by Crippen LogP contribution is 2.44. The molecule has 0 bridgehead atoms. The van der Waals surface area contributed by atoms with Crippen LogP contribution in [0.2, 0.25) is 18.1 Å². The smallest absolute Gasteiger partial charge is 0.338 e. The van der Waals surface area contributed by atoms with Crippen molar-refractivity contribution >= 4 is 20.3 Å². The van der Waals surface area contributed by atoms with Gasteiger partial charge in [-0.05, 0) is 53.5 Å². The Labute approximate surface area is 256 Å². The molecule has 1 saturated carbocycles. The van der Waals surface area contributed by atoms with Crippen molar-refractivity contribution in [2.75, 3.05) is 6.61 Å². The average Bonchev–Trinajstić information content (AvgIpc) is 3.50. The molecule has 1 aliphatic heterocycles. The van der Waals surface area contributed by atoms with E-state index in [-0.39, 0.29) is 41.0 Å². The van der Waals surface area contributed by atoms with Gasteiger partial charge in [0.05, 0.1) is 18.1 Å². The first-order chi connectivity index (χ1) is 20.5. The van der Waals surface area contributed by atoms with Crippen molar-refractivity contribution in [1.29, 1.82) is 0 Å². The highest BCUT2D eigenvalue weighted by molar-refractivity contribution is 6.74. The second-order valence-corrected chi connectivity index (χ2v) is 17.8. The second kappa shape index (κ2) is 12.9. The van der Waals surface area contributed by atoms with Gasteiger partial charge in [-0.25, -0.2) is 4.79 Å². The van der Waals surface area contributed by atoms with Crippen molar-refractivity contribution in [3.05, 3.63) is 103 Å². The van der Waals surface area contributed by atoms with Crippen LogP contribution in [0.4, 0.5) is 0 Å². The van der Waals surface area contributed by atoms with Gasteiger partial charge in [-0.2, -0.15) is 0 Å². The van der Waals surface area contributed by atoms with E-state index in [1.807, 2.05) is 78.9 Å². The van der Waals surface area contributed by atoms with E-state index in [4.69, 9.17) is 18.6 Å². The van der Waals surface area contributed by atoms with Crippen LogP contribution in [0.3, 0.4) is 0 Å². The van der Waals surface area contributed by atoms with Crippen LogP contribution in [-0.2, 0) is 18.7 Å². The highest BCUT2D eigenvalue weighted by atomic mass is 28.4. The van der Waals surface area contributed by atoms with Gasteiger partial charge in [-0.3, -0.25) is 4.79 Å². The summed E-state index contributed by atoms with van der Waals surface area (Å²) in [4.78, 5) is 25.5. The first kappa shape index (κ1) is 30.8. The SMILES string of the molecule is CC(C)(C)[Si](C)(C)O[C@H](/C=C/[C@@H]1[C@H]2CC(=O)O[C@H]2C[C@H]1OC(=O)c1ccc(-c2ccccc2)cc1)COc1ccccc1. The number of esters is 2. The predicted molar refractivity (Wildman–Crippen MR) is 170 cm³/mol. The number of carbonyl (C=O) groups excluding carboxylic acids is 2. The lowest BCUT2D eigenvalue weighted by Gasteiger charge is -2.38. The molecule has 0 spiro atoms. The maximum absolute atomic E-state index is 13.3. The number of hydrogen-bond donors (Lipinski definition) is 0. The largest absolute Gasteiger partial charge is 0.491 e. The first-order valence-corrected chi connectivity index (χ1v) is 18.0. The molecule has 0 radical (unpaired) electrons. The van der Waals surface area contributed by atoms with E-state index >= 15 is 0 Å². The molecule has 2 fully saturated rings. The Bertz CT molecular complexity index is 1410. The monoisotopic (exact) mass is 598 g/mol. The number of rotatable bonds is 10. The number of benzene rings is 3. The Hall–Kier alpha value is -3.68. The van der Waals surface area contributed by atoms with E-state index in [2.05, 4.69) is 39.9 Å². The minimum Gasteiger partial charge on any atom is -0.491 e. The van der Waals surface area contributed by atoms with Crippen molar-refractivity contribution in [2.45, 2.75) is 70.1 Å². The van der Waals surface area contributed by atoms with Crippen LogP contribution in [0.5, 0.6) is 5.75 Å². The standard InChI is InChI=1S/C36H42O6Si/c1-36(2,3)43(4,5)42-29(24-39-28-14-10-7-11-15-28)20-21-30-31-22-34(37)40-33(31)23-32(30)41-35(38)27-18-16-26(17-19-27)25-12-8-6-9-13-25/h6-21,29-33H,22-24H2,1-5H3/b21-20+/t29-,30-,31-,32-,33+/m1/s1. The minimum absolute atomic E-state index is 0.0180. The molecule has 5 atom stereocenters. The van der Waals surface area contributed by atoms with Gasteiger partial charge >= 0.3 is 11.9 Å². The van der Waals surface area contributed by atoms with Crippen molar-refractivity contribution in [3.63, 3.8) is 0 Å². The fourth-order valence-electron chi connectivity index (χ4n) is 5.56. The fourth-order valence-corrected chi connectivity index (χ4v) is 6.81. The summed E-state index contributed by atoms with van der Waals surface area (Å²) in [5.41, 5.74) is 2.61. The number of ether oxygens (including phenoxy) is 3. The van der Waals surface area contributed by atoms with Gasteiger partial charge in [-0.15, -0.1) is 0 Å². The third-order valence-electron chi connectivity index (χ3n) is 8.99. The van der Waals surface area contributed by atoms with E-state index < -0.39 is 14.4 Å². The second-order valence-electron chi connectivity index (χ2n) is 13.0. The van der Waals surface area contributed by atoms with E-state index in [0.717, 1.165) is 16.9 Å². The topological polar surface area (TPSA) is 71.1 Å². The molecule has 1 aliphatic carbocycles. The number of hydrogen-bond acceptors (Lipinski definition) is 6. The van der Waals surface area contributed by atoms with Crippen molar-refractivity contribution < 1.29 is 28.2 Å². The molecule has 2 aliphatic rings. The Morgan fingerprint density at radius 1 is 0.953 bits per heavy atom.